The van der Waals surface area contributed by atoms with Gasteiger partial charge in [-0.3, -0.25) is 15.0 Å². The van der Waals surface area contributed by atoms with Gasteiger partial charge in [0.1, 0.15) is 10.9 Å². The van der Waals surface area contributed by atoms with Crippen LogP contribution in [0.15, 0.2) is 29.3 Å². The molecule has 1 aromatic carbocycles. The molecule has 0 radical (unpaired) electrons. The van der Waals surface area contributed by atoms with Crippen LogP contribution in [0.4, 0.5) is 0 Å². The number of H-pyrrole nitrogens is 1. The molecule has 2 atom stereocenters. The zero-order valence-electron chi connectivity index (χ0n) is 21.7. The summed E-state index contributed by atoms with van der Waals surface area (Å²) < 4.78 is 33.7. The van der Waals surface area contributed by atoms with E-state index in [2.05, 4.69) is 22.2 Å². The number of sulfonamides is 1. The second-order valence-corrected chi connectivity index (χ2v) is 12.7. The molecule has 39 heavy (non-hydrogen) atoms. The van der Waals surface area contributed by atoms with E-state index in [0.29, 0.717) is 28.0 Å². The lowest BCUT2D eigenvalue weighted by molar-refractivity contribution is -0.144. The monoisotopic (exact) mass is 573 g/mol. The number of amides is 1. The van der Waals surface area contributed by atoms with E-state index in [-0.39, 0.29) is 55.5 Å². The van der Waals surface area contributed by atoms with Gasteiger partial charge in [0.25, 0.3) is 15.9 Å². The SMILES string of the molecule is CCOC(=O)CC1CN(S(=O)(=O)c2cc3cc(C(=N)N)ccc3[nH]2)CCN1C(=O)c1nc2c(s1)CNC(C)C2. The van der Waals surface area contributed by atoms with Crippen LogP contribution in [-0.4, -0.2) is 83.6 Å². The molecule has 3 aromatic rings. The van der Waals surface area contributed by atoms with E-state index in [1.54, 1.807) is 30.0 Å². The third-order valence-corrected chi connectivity index (χ3v) is 9.88. The number of esters is 1. The lowest BCUT2D eigenvalue weighted by Crippen LogP contribution is -2.57. The van der Waals surface area contributed by atoms with Crippen molar-refractivity contribution in [2.24, 2.45) is 5.73 Å². The lowest BCUT2D eigenvalue weighted by Gasteiger charge is -2.39. The first-order valence-corrected chi connectivity index (χ1v) is 15.0. The molecule has 0 spiro atoms. The van der Waals surface area contributed by atoms with Crippen molar-refractivity contribution in [1.29, 1.82) is 5.41 Å². The third kappa shape index (κ3) is 5.41. The zero-order valence-corrected chi connectivity index (χ0v) is 23.3. The number of aromatic nitrogens is 2. The number of benzene rings is 1. The number of nitrogens with one attached hydrogen (secondary N) is 3. The Balaban J connectivity index is 1.40. The number of ether oxygens (including phenoxy) is 1. The van der Waals surface area contributed by atoms with Crippen molar-refractivity contribution >= 4 is 50.0 Å². The fraction of sp³-hybridized carbons (Fsp3) is 0.440. The summed E-state index contributed by atoms with van der Waals surface area (Å²) in [7, 11) is -3.98. The first-order chi connectivity index (χ1) is 18.6. The molecule has 14 heteroatoms. The highest BCUT2D eigenvalue weighted by Crippen LogP contribution is 2.29. The molecule has 2 aliphatic rings. The lowest BCUT2D eigenvalue weighted by atomic mass is 10.1. The molecule has 1 saturated heterocycles. The Hall–Kier alpha value is -3.33. The van der Waals surface area contributed by atoms with Gasteiger partial charge in [-0.25, -0.2) is 13.4 Å². The van der Waals surface area contributed by atoms with Crippen LogP contribution >= 0.6 is 11.3 Å². The van der Waals surface area contributed by atoms with Crippen molar-refractivity contribution < 1.29 is 22.7 Å². The standard InChI is InChI=1S/C25H31N7O5S2/c1-3-37-22(33)11-17-13-31(39(35,36)21-10-16-9-15(23(26)27)4-5-18(16)29-21)6-7-32(17)25(34)24-30-19-8-14(2)28-12-20(19)38-24/h4-5,9-10,14,17,28-29H,3,6-8,11-13H2,1-2H3,(H3,26,27). The number of nitrogens with two attached hydrogens (primary N) is 1. The Kier molecular flexibility index (Phi) is 7.46. The Morgan fingerprint density at radius 3 is 2.82 bits per heavy atom. The van der Waals surface area contributed by atoms with Crippen molar-refractivity contribution in [1.82, 2.24) is 24.5 Å². The van der Waals surface area contributed by atoms with E-state index in [9.17, 15) is 18.0 Å². The second kappa shape index (κ2) is 10.7. The minimum Gasteiger partial charge on any atom is -0.466 e. The first-order valence-electron chi connectivity index (χ1n) is 12.7. The van der Waals surface area contributed by atoms with Crippen molar-refractivity contribution in [3.63, 3.8) is 0 Å². The Morgan fingerprint density at radius 2 is 2.08 bits per heavy atom. The number of nitrogen functional groups attached to an aromatic ring is 1. The smallest absolute Gasteiger partial charge is 0.307 e. The van der Waals surface area contributed by atoms with Crippen LogP contribution in [0, 0.1) is 5.41 Å². The van der Waals surface area contributed by atoms with Crippen LogP contribution in [-0.2, 0) is 32.5 Å². The molecule has 1 amide bonds. The van der Waals surface area contributed by atoms with Crippen LogP contribution in [0.5, 0.6) is 0 Å². The number of thiazole rings is 1. The van der Waals surface area contributed by atoms with Crippen LogP contribution in [0.2, 0.25) is 0 Å². The number of fused-ring (bicyclic) bond motifs is 2. The molecule has 0 aliphatic carbocycles. The number of hydrogen-bond donors (Lipinski definition) is 4. The highest BCUT2D eigenvalue weighted by Gasteiger charge is 2.39. The fourth-order valence-corrected chi connectivity index (χ4v) is 7.45. The van der Waals surface area contributed by atoms with Crippen LogP contribution in [0.3, 0.4) is 0 Å². The number of piperazine rings is 1. The van der Waals surface area contributed by atoms with Gasteiger partial charge in [0.05, 0.1) is 24.8 Å². The van der Waals surface area contributed by atoms with Crippen LogP contribution in [0.25, 0.3) is 10.9 Å². The average molecular weight is 574 g/mol. The quantitative estimate of drug-likeness (QED) is 0.186. The highest BCUT2D eigenvalue weighted by molar-refractivity contribution is 7.89. The van der Waals surface area contributed by atoms with Gasteiger partial charge in [-0.05, 0) is 38.1 Å². The number of amidine groups is 1. The van der Waals surface area contributed by atoms with Crippen LogP contribution < -0.4 is 11.1 Å². The van der Waals surface area contributed by atoms with E-state index in [1.807, 2.05) is 0 Å². The van der Waals surface area contributed by atoms with Crippen molar-refractivity contribution in [3.05, 3.63) is 45.4 Å². The fourth-order valence-electron chi connectivity index (χ4n) is 4.98. The number of hydrogen-bond acceptors (Lipinski definition) is 9. The summed E-state index contributed by atoms with van der Waals surface area (Å²) in [5.74, 6) is -0.925. The normalized spacial score (nSPS) is 20.1. The molecule has 5 N–H and O–H groups in total. The van der Waals surface area contributed by atoms with Gasteiger partial charge >= 0.3 is 5.97 Å². The molecule has 12 nitrogen and oxygen atoms in total. The number of rotatable bonds is 7. The molecule has 4 heterocycles. The van der Waals surface area contributed by atoms with E-state index >= 15 is 0 Å². The number of carbonyl (C=O) groups excluding carboxylic acids is 2. The molecule has 0 saturated carbocycles. The van der Waals surface area contributed by atoms with E-state index in [1.165, 1.54) is 21.7 Å². The molecule has 2 aromatic heterocycles. The minimum atomic E-state index is -3.98. The Morgan fingerprint density at radius 1 is 1.28 bits per heavy atom. The van der Waals surface area contributed by atoms with Crippen molar-refractivity contribution in [2.45, 2.75) is 50.3 Å². The van der Waals surface area contributed by atoms with Crippen LogP contribution in [0.1, 0.15) is 46.2 Å². The van der Waals surface area contributed by atoms with Gasteiger partial charge in [-0.1, -0.05) is 0 Å². The molecule has 0 bridgehead atoms. The largest absolute Gasteiger partial charge is 0.466 e. The number of carbonyl (C=O) groups is 2. The highest BCUT2D eigenvalue weighted by atomic mass is 32.2. The maximum Gasteiger partial charge on any atom is 0.307 e. The predicted octanol–water partition coefficient (Wildman–Crippen LogP) is 1.41. The first kappa shape index (κ1) is 27.2. The molecule has 208 valence electrons. The molecule has 2 aliphatic heterocycles. The summed E-state index contributed by atoms with van der Waals surface area (Å²) in [6.07, 6.45) is 0.597. The van der Waals surface area contributed by atoms with Crippen molar-refractivity contribution in [3.8, 4) is 0 Å². The van der Waals surface area contributed by atoms with E-state index in [4.69, 9.17) is 15.9 Å². The Labute approximate surface area is 230 Å². The zero-order chi connectivity index (χ0) is 27.9. The van der Waals surface area contributed by atoms with E-state index in [0.717, 1.165) is 17.0 Å². The molecule has 5 rings (SSSR count). The molecule has 2 unspecified atom stereocenters. The summed E-state index contributed by atoms with van der Waals surface area (Å²) in [6.45, 7) is 4.70. The van der Waals surface area contributed by atoms with Gasteiger partial charge in [0, 0.05) is 60.0 Å². The summed E-state index contributed by atoms with van der Waals surface area (Å²) in [4.78, 5) is 36.1. The van der Waals surface area contributed by atoms with Gasteiger partial charge in [0.15, 0.2) is 5.01 Å². The number of nitrogens with zero attached hydrogens (tertiary/aromatic N) is 3. The summed E-state index contributed by atoms with van der Waals surface area (Å²) in [5.41, 5.74) is 7.56. The van der Waals surface area contributed by atoms with Gasteiger partial charge in [0.2, 0.25) is 0 Å². The van der Waals surface area contributed by atoms with Gasteiger partial charge in [-0.2, -0.15) is 4.31 Å². The molecular formula is C25H31N7O5S2. The maximum atomic E-state index is 13.6. The van der Waals surface area contributed by atoms with E-state index < -0.39 is 22.0 Å². The van der Waals surface area contributed by atoms with Gasteiger partial charge < -0.3 is 25.7 Å². The predicted molar refractivity (Wildman–Crippen MR) is 146 cm³/mol. The maximum absolute atomic E-state index is 13.6. The van der Waals surface area contributed by atoms with Crippen molar-refractivity contribution in [2.75, 3.05) is 26.2 Å². The minimum absolute atomic E-state index is 0.0120. The third-order valence-electron chi connectivity index (χ3n) is 7.01. The average Bonchev–Trinajstić information content (AvgIpc) is 3.52. The molecule has 1 fully saturated rings. The summed E-state index contributed by atoms with van der Waals surface area (Å²) >= 11 is 1.34. The molecular weight excluding hydrogens is 542 g/mol. The topological polar surface area (TPSA) is 175 Å². The van der Waals surface area contributed by atoms with Gasteiger partial charge in [-0.15, -0.1) is 11.3 Å². The Bertz CT molecular complexity index is 1550. The summed E-state index contributed by atoms with van der Waals surface area (Å²) in [5, 5.41) is 11.9. The summed E-state index contributed by atoms with van der Waals surface area (Å²) in [6, 6.07) is 6.03. The second-order valence-electron chi connectivity index (χ2n) is 9.75. The number of aromatic amines is 1.